The molecule has 4 nitrogen and oxygen atoms in total. The van der Waals surface area contributed by atoms with Gasteiger partial charge in [0.05, 0.1) is 13.0 Å². The maximum Gasteiger partial charge on any atom is 0.303 e. The van der Waals surface area contributed by atoms with E-state index >= 15 is 0 Å². The zero-order valence-electron chi connectivity index (χ0n) is 9.40. The van der Waals surface area contributed by atoms with Crippen LogP contribution in [-0.4, -0.2) is 17.9 Å². The lowest BCUT2D eigenvalue weighted by Gasteiger charge is -2.23. The number of carboxylic acids is 1. The highest BCUT2D eigenvalue weighted by Crippen LogP contribution is 2.34. The van der Waals surface area contributed by atoms with Crippen LogP contribution >= 0.6 is 0 Å². The fraction of sp³-hybridized carbons (Fsp3) is 0.417. The first-order valence-corrected chi connectivity index (χ1v) is 5.33. The lowest BCUT2D eigenvalue weighted by Crippen LogP contribution is -2.16. The van der Waals surface area contributed by atoms with Crippen LogP contribution in [0.4, 0.5) is 4.39 Å². The predicted molar refractivity (Wildman–Crippen MR) is 57.4 cm³/mol. The number of fused-ring (bicyclic) bond motifs is 1. The van der Waals surface area contributed by atoms with Gasteiger partial charge in [0.25, 0.3) is 0 Å². The Morgan fingerprint density at radius 3 is 3.06 bits per heavy atom. The van der Waals surface area contributed by atoms with Crippen molar-refractivity contribution in [2.75, 3.05) is 6.79 Å². The largest absolute Gasteiger partial charge is 0.481 e. The van der Waals surface area contributed by atoms with E-state index in [9.17, 15) is 9.18 Å². The molecule has 0 aromatic heterocycles. The SMILES string of the molecule is CC(CC(=O)O)c1c(F)ccc2c1COCO2. The molecule has 5 heteroatoms. The van der Waals surface area contributed by atoms with E-state index < -0.39 is 17.7 Å². The maximum absolute atomic E-state index is 13.8. The summed E-state index contributed by atoms with van der Waals surface area (Å²) < 4.78 is 24.1. The third kappa shape index (κ3) is 2.39. The Morgan fingerprint density at radius 2 is 2.35 bits per heavy atom. The van der Waals surface area contributed by atoms with E-state index in [0.717, 1.165) is 0 Å². The van der Waals surface area contributed by atoms with Crippen molar-refractivity contribution in [2.24, 2.45) is 0 Å². The Bertz CT molecular complexity index is 444. The Labute approximate surface area is 98.0 Å². The second-order valence-corrected chi connectivity index (χ2v) is 4.05. The van der Waals surface area contributed by atoms with Crippen LogP contribution in [0.1, 0.15) is 30.4 Å². The number of carbonyl (C=O) groups is 1. The highest BCUT2D eigenvalue weighted by atomic mass is 19.1. The molecule has 1 atom stereocenters. The zero-order valence-corrected chi connectivity index (χ0v) is 9.40. The molecule has 1 aliphatic heterocycles. The molecular weight excluding hydrogens is 227 g/mol. The number of benzene rings is 1. The molecule has 1 aromatic rings. The molecule has 0 amide bonds. The molecule has 0 fully saturated rings. The van der Waals surface area contributed by atoms with Gasteiger partial charge in [-0.15, -0.1) is 0 Å². The molecule has 0 saturated heterocycles. The Hall–Kier alpha value is -1.62. The van der Waals surface area contributed by atoms with Crippen molar-refractivity contribution in [1.29, 1.82) is 0 Å². The summed E-state index contributed by atoms with van der Waals surface area (Å²) in [6.07, 6.45) is -0.118. The molecule has 0 saturated carbocycles. The molecule has 1 unspecified atom stereocenters. The first-order chi connectivity index (χ1) is 8.09. The van der Waals surface area contributed by atoms with Gasteiger partial charge in [-0.2, -0.15) is 0 Å². The molecule has 2 rings (SSSR count). The monoisotopic (exact) mass is 240 g/mol. The van der Waals surface area contributed by atoms with Gasteiger partial charge in [-0.1, -0.05) is 6.92 Å². The number of aliphatic carboxylic acids is 1. The van der Waals surface area contributed by atoms with Gasteiger partial charge >= 0.3 is 5.97 Å². The molecule has 17 heavy (non-hydrogen) atoms. The Kier molecular flexibility index (Phi) is 3.28. The summed E-state index contributed by atoms with van der Waals surface area (Å²) in [5.74, 6) is -1.20. The van der Waals surface area contributed by atoms with Crippen LogP contribution in [-0.2, 0) is 16.1 Å². The average Bonchev–Trinajstić information content (AvgIpc) is 2.27. The number of hydrogen-bond donors (Lipinski definition) is 1. The molecule has 1 aromatic carbocycles. The first kappa shape index (κ1) is 11.9. The number of halogens is 1. The van der Waals surface area contributed by atoms with Crippen molar-refractivity contribution in [2.45, 2.75) is 25.9 Å². The van der Waals surface area contributed by atoms with E-state index in [1.54, 1.807) is 13.0 Å². The van der Waals surface area contributed by atoms with Gasteiger partial charge in [0, 0.05) is 11.1 Å². The molecule has 0 radical (unpaired) electrons. The average molecular weight is 240 g/mol. The van der Waals surface area contributed by atoms with Gasteiger partial charge in [0.15, 0.2) is 6.79 Å². The highest BCUT2D eigenvalue weighted by Gasteiger charge is 2.23. The van der Waals surface area contributed by atoms with Gasteiger partial charge in [-0.3, -0.25) is 4.79 Å². The van der Waals surface area contributed by atoms with E-state index in [4.69, 9.17) is 14.6 Å². The lowest BCUT2D eigenvalue weighted by atomic mass is 9.92. The van der Waals surface area contributed by atoms with Crippen LogP contribution in [0.25, 0.3) is 0 Å². The maximum atomic E-state index is 13.8. The smallest absolute Gasteiger partial charge is 0.303 e. The summed E-state index contributed by atoms with van der Waals surface area (Å²) in [6, 6.07) is 2.85. The molecule has 1 N–H and O–H groups in total. The third-order valence-electron chi connectivity index (χ3n) is 2.78. The summed E-state index contributed by atoms with van der Waals surface area (Å²) in [7, 11) is 0. The quantitative estimate of drug-likeness (QED) is 0.880. The van der Waals surface area contributed by atoms with E-state index in [1.165, 1.54) is 6.07 Å². The van der Waals surface area contributed by atoms with E-state index in [1.807, 2.05) is 0 Å². The van der Waals surface area contributed by atoms with Crippen LogP contribution in [0.5, 0.6) is 5.75 Å². The van der Waals surface area contributed by atoms with Crippen molar-refractivity contribution in [3.63, 3.8) is 0 Å². The van der Waals surface area contributed by atoms with Crippen molar-refractivity contribution >= 4 is 5.97 Å². The second kappa shape index (κ2) is 4.71. The minimum atomic E-state index is -0.952. The molecule has 1 heterocycles. The van der Waals surface area contributed by atoms with Crippen molar-refractivity contribution in [1.82, 2.24) is 0 Å². The lowest BCUT2D eigenvalue weighted by molar-refractivity contribution is -0.137. The Morgan fingerprint density at radius 1 is 1.59 bits per heavy atom. The molecule has 1 aliphatic rings. The minimum absolute atomic E-state index is 0.118. The third-order valence-corrected chi connectivity index (χ3v) is 2.78. The minimum Gasteiger partial charge on any atom is -0.481 e. The zero-order chi connectivity index (χ0) is 12.4. The van der Waals surface area contributed by atoms with Crippen LogP contribution < -0.4 is 4.74 Å². The van der Waals surface area contributed by atoms with Crippen LogP contribution in [0.2, 0.25) is 0 Å². The van der Waals surface area contributed by atoms with Crippen LogP contribution in [0.3, 0.4) is 0 Å². The van der Waals surface area contributed by atoms with Crippen molar-refractivity contribution in [3.8, 4) is 5.75 Å². The fourth-order valence-electron chi connectivity index (χ4n) is 2.05. The summed E-state index contributed by atoms with van der Waals surface area (Å²) in [6.45, 7) is 2.08. The normalized spacial score (nSPS) is 15.9. The summed E-state index contributed by atoms with van der Waals surface area (Å²) in [4.78, 5) is 10.7. The molecule has 0 aliphatic carbocycles. The molecule has 92 valence electrons. The summed E-state index contributed by atoms with van der Waals surface area (Å²) in [5, 5.41) is 8.76. The standard InChI is InChI=1S/C12H13FO4/c1-7(4-11(14)15)12-8-5-16-6-17-10(8)3-2-9(12)13/h2-3,7H,4-6H2,1H3,(H,14,15). The van der Waals surface area contributed by atoms with Gasteiger partial charge in [-0.25, -0.2) is 4.39 Å². The number of carboxylic acid groups (broad SMARTS) is 1. The highest BCUT2D eigenvalue weighted by molar-refractivity contribution is 5.68. The number of rotatable bonds is 3. The molecule has 0 spiro atoms. The predicted octanol–water partition coefficient (Wildman–Crippen LogP) is 2.27. The van der Waals surface area contributed by atoms with Crippen LogP contribution in [0.15, 0.2) is 12.1 Å². The van der Waals surface area contributed by atoms with Crippen LogP contribution in [0, 0.1) is 5.82 Å². The van der Waals surface area contributed by atoms with Gasteiger partial charge in [-0.05, 0) is 18.1 Å². The summed E-state index contributed by atoms with van der Waals surface area (Å²) >= 11 is 0. The van der Waals surface area contributed by atoms with Gasteiger partial charge in [0.1, 0.15) is 11.6 Å². The Balaban J connectivity index is 2.40. The van der Waals surface area contributed by atoms with E-state index in [2.05, 4.69) is 0 Å². The fourth-order valence-corrected chi connectivity index (χ4v) is 2.05. The molecular formula is C12H13FO4. The van der Waals surface area contributed by atoms with E-state index in [-0.39, 0.29) is 19.8 Å². The van der Waals surface area contributed by atoms with E-state index in [0.29, 0.717) is 16.9 Å². The second-order valence-electron chi connectivity index (χ2n) is 4.05. The number of hydrogen-bond acceptors (Lipinski definition) is 3. The number of ether oxygens (including phenoxy) is 2. The summed E-state index contributed by atoms with van der Waals surface area (Å²) in [5.41, 5.74) is 0.995. The van der Waals surface area contributed by atoms with Crippen molar-refractivity contribution in [3.05, 3.63) is 29.1 Å². The topological polar surface area (TPSA) is 55.8 Å². The van der Waals surface area contributed by atoms with Gasteiger partial charge in [0.2, 0.25) is 0 Å². The van der Waals surface area contributed by atoms with Crippen molar-refractivity contribution < 1.29 is 23.8 Å². The van der Waals surface area contributed by atoms with Gasteiger partial charge < -0.3 is 14.6 Å². The molecule has 0 bridgehead atoms. The first-order valence-electron chi connectivity index (χ1n) is 5.33.